The van der Waals surface area contributed by atoms with Gasteiger partial charge in [-0.2, -0.15) is 18.2 Å². The molecule has 1 saturated heterocycles. The Kier molecular flexibility index (Phi) is 8.67. The molecular weight excluding hydrogens is 545 g/mol. The molecule has 0 bridgehead atoms. The minimum atomic E-state index is -4.63. The average Bonchev–Trinajstić information content (AvgIpc) is 2.97. The molecule has 42 heavy (non-hydrogen) atoms. The quantitative estimate of drug-likeness (QED) is 0.276. The Labute approximate surface area is 242 Å². The van der Waals surface area contributed by atoms with Crippen molar-refractivity contribution in [1.29, 1.82) is 0 Å². The molecule has 1 fully saturated rings. The van der Waals surface area contributed by atoms with Gasteiger partial charge in [0.15, 0.2) is 0 Å². The second kappa shape index (κ2) is 12.6. The summed E-state index contributed by atoms with van der Waals surface area (Å²) in [4.78, 5) is 27.6. The summed E-state index contributed by atoms with van der Waals surface area (Å²) in [5, 5.41) is 0. The lowest BCUT2D eigenvalue weighted by Gasteiger charge is -2.35. The molecule has 2 aromatic carbocycles. The molecule has 0 aliphatic carbocycles. The lowest BCUT2D eigenvalue weighted by molar-refractivity contribution is -0.141. The highest BCUT2D eigenvalue weighted by Crippen LogP contribution is 2.40. The van der Waals surface area contributed by atoms with Crippen molar-refractivity contribution in [3.8, 4) is 28.3 Å². The molecule has 0 amide bonds. The van der Waals surface area contributed by atoms with E-state index >= 15 is 0 Å². The summed E-state index contributed by atoms with van der Waals surface area (Å²) in [6.07, 6.45) is -3.15. The van der Waals surface area contributed by atoms with Gasteiger partial charge in [-0.25, -0.2) is 9.97 Å². The third-order valence-electron chi connectivity index (χ3n) is 7.11. The van der Waals surface area contributed by atoms with Crippen LogP contribution in [0.4, 0.5) is 24.8 Å². The fraction of sp³-hybridized carbons (Fsp3) is 0.290. The molecule has 2 N–H and O–H groups in total. The first-order chi connectivity index (χ1) is 20.2. The number of halogens is 3. The standard InChI is InChI=1S/C31H31F3N6O2/c1-21-19-24(20-26(36-21)31(32,33)34)27-28(23-5-3-2-4-6-23)37-30(35)38-29(27)42-18-11-22-7-9-25(10-8-22)40-14-12-39(13-15-40)16-17-41/h2-10,17,19-20H,11-16,18H2,1H3,(H2,35,37,38). The number of aryl methyl sites for hydroxylation is 1. The maximum absolute atomic E-state index is 13.7. The Balaban J connectivity index is 1.38. The lowest BCUT2D eigenvalue weighted by atomic mass is 9.99. The van der Waals surface area contributed by atoms with Gasteiger partial charge < -0.3 is 20.2 Å². The highest BCUT2D eigenvalue weighted by atomic mass is 19.4. The Morgan fingerprint density at radius 1 is 0.929 bits per heavy atom. The zero-order valence-corrected chi connectivity index (χ0v) is 23.1. The van der Waals surface area contributed by atoms with Gasteiger partial charge in [0.1, 0.15) is 12.0 Å². The Morgan fingerprint density at radius 2 is 1.64 bits per heavy atom. The Morgan fingerprint density at radius 3 is 2.31 bits per heavy atom. The first-order valence-corrected chi connectivity index (χ1v) is 13.6. The van der Waals surface area contributed by atoms with Crippen molar-refractivity contribution in [3.05, 3.63) is 83.7 Å². The van der Waals surface area contributed by atoms with E-state index in [0.29, 0.717) is 29.8 Å². The van der Waals surface area contributed by atoms with Crippen LogP contribution in [0, 0.1) is 6.92 Å². The molecule has 218 valence electrons. The van der Waals surface area contributed by atoms with Gasteiger partial charge in [0, 0.05) is 49.5 Å². The van der Waals surface area contributed by atoms with Gasteiger partial charge in [-0.15, -0.1) is 0 Å². The van der Waals surface area contributed by atoms with E-state index in [0.717, 1.165) is 49.8 Å². The van der Waals surface area contributed by atoms with Crippen LogP contribution in [0.3, 0.4) is 0 Å². The van der Waals surface area contributed by atoms with E-state index in [9.17, 15) is 18.0 Å². The minimum absolute atomic E-state index is 0.0491. The van der Waals surface area contributed by atoms with Crippen LogP contribution in [-0.4, -0.2) is 65.5 Å². The fourth-order valence-electron chi connectivity index (χ4n) is 5.02. The number of nitrogens with zero attached hydrogens (tertiary/aromatic N) is 5. The smallest absolute Gasteiger partial charge is 0.433 e. The molecule has 1 aliphatic rings. The Bertz CT molecular complexity index is 1520. The van der Waals surface area contributed by atoms with Gasteiger partial charge >= 0.3 is 6.18 Å². The van der Waals surface area contributed by atoms with Gasteiger partial charge in [-0.05, 0) is 42.3 Å². The van der Waals surface area contributed by atoms with Gasteiger partial charge in [0.25, 0.3) is 0 Å². The summed E-state index contributed by atoms with van der Waals surface area (Å²) in [7, 11) is 0. The molecule has 0 saturated carbocycles. The number of alkyl halides is 3. The number of rotatable bonds is 9. The van der Waals surface area contributed by atoms with Crippen LogP contribution >= 0.6 is 0 Å². The molecule has 1 aliphatic heterocycles. The summed E-state index contributed by atoms with van der Waals surface area (Å²) < 4.78 is 47.1. The number of hydrogen-bond donors (Lipinski definition) is 1. The minimum Gasteiger partial charge on any atom is -0.477 e. The van der Waals surface area contributed by atoms with E-state index in [-0.39, 0.29) is 29.7 Å². The first-order valence-electron chi connectivity index (χ1n) is 13.6. The maximum Gasteiger partial charge on any atom is 0.433 e. The maximum atomic E-state index is 13.7. The SMILES string of the molecule is Cc1cc(-c2c(OCCc3ccc(N4CCN(CC=O)CC4)cc3)nc(N)nc2-c2ccccc2)cc(C(F)(F)F)n1. The highest BCUT2D eigenvalue weighted by Gasteiger charge is 2.34. The summed E-state index contributed by atoms with van der Waals surface area (Å²) in [5.74, 6) is 0.0527. The molecule has 11 heteroatoms. The molecule has 0 atom stereocenters. The number of benzene rings is 2. The molecule has 4 aromatic rings. The third kappa shape index (κ3) is 6.85. The van der Waals surface area contributed by atoms with Crippen LogP contribution in [0.15, 0.2) is 66.7 Å². The van der Waals surface area contributed by atoms with E-state index in [4.69, 9.17) is 10.5 Å². The van der Waals surface area contributed by atoms with E-state index in [1.165, 1.54) is 6.92 Å². The van der Waals surface area contributed by atoms with E-state index in [1.54, 1.807) is 18.2 Å². The van der Waals surface area contributed by atoms with Crippen molar-refractivity contribution in [1.82, 2.24) is 19.9 Å². The molecule has 0 spiro atoms. The van der Waals surface area contributed by atoms with Crippen molar-refractivity contribution in [2.75, 3.05) is 50.0 Å². The van der Waals surface area contributed by atoms with Crippen molar-refractivity contribution in [2.24, 2.45) is 0 Å². The average molecular weight is 577 g/mol. The highest BCUT2D eigenvalue weighted by molar-refractivity contribution is 5.85. The van der Waals surface area contributed by atoms with Crippen LogP contribution in [0.2, 0.25) is 0 Å². The van der Waals surface area contributed by atoms with E-state index in [2.05, 4.69) is 36.9 Å². The third-order valence-corrected chi connectivity index (χ3v) is 7.11. The first kappa shape index (κ1) is 29.0. The Hall–Kier alpha value is -4.51. The summed E-state index contributed by atoms with van der Waals surface area (Å²) >= 11 is 0. The largest absolute Gasteiger partial charge is 0.477 e. The van der Waals surface area contributed by atoms with Gasteiger partial charge in [-0.3, -0.25) is 4.90 Å². The number of hydrogen-bond acceptors (Lipinski definition) is 8. The molecule has 2 aromatic heterocycles. The zero-order valence-electron chi connectivity index (χ0n) is 23.1. The number of aromatic nitrogens is 3. The van der Waals surface area contributed by atoms with E-state index in [1.807, 2.05) is 30.3 Å². The lowest BCUT2D eigenvalue weighted by Crippen LogP contribution is -2.46. The van der Waals surface area contributed by atoms with Crippen LogP contribution in [0.1, 0.15) is 17.0 Å². The van der Waals surface area contributed by atoms with Crippen LogP contribution < -0.4 is 15.4 Å². The second-order valence-electron chi connectivity index (χ2n) is 10.1. The molecule has 5 rings (SSSR count). The number of anilines is 2. The molecule has 0 unspecified atom stereocenters. The normalized spacial score (nSPS) is 14.1. The van der Waals surface area contributed by atoms with Crippen molar-refractivity contribution in [3.63, 3.8) is 0 Å². The van der Waals surface area contributed by atoms with Crippen molar-refractivity contribution < 1.29 is 22.7 Å². The van der Waals surface area contributed by atoms with Gasteiger partial charge in [0.2, 0.25) is 11.8 Å². The molecule has 0 radical (unpaired) electrons. The van der Waals surface area contributed by atoms with Crippen LogP contribution in [0.5, 0.6) is 5.88 Å². The van der Waals surface area contributed by atoms with Gasteiger partial charge in [0.05, 0.1) is 24.4 Å². The molecule has 3 heterocycles. The number of aldehydes is 1. The number of piperazine rings is 1. The molecular formula is C31H31F3N6O2. The monoisotopic (exact) mass is 576 g/mol. The number of carbonyl (C=O) groups is 1. The van der Waals surface area contributed by atoms with Crippen LogP contribution in [0.25, 0.3) is 22.4 Å². The van der Waals surface area contributed by atoms with Gasteiger partial charge in [-0.1, -0.05) is 42.5 Å². The van der Waals surface area contributed by atoms with Crippen LogP contribution in [-0.2, 0) is 17.4 Å². The number of nitrogen functional groups attached to an aromatic ring is 1. The van der Waals surface area contributed by atoms with Crippen molar-refractivity contribution in [2.45, 2.75) is 19.5 Å². The molecule has 8 nitrogen and oxygen atoms in total. The fourth-order valence-corrected chi connectivity index (χ4v) is 5.02. The second-order valence-corrected chi connectivity index (χ2v) is 10.1. The number of ether oxygens (including phenoxy) is 1. The topological polar surface area (TPSA) is 97.5 Å². The van der Waals surface area contributed by atoms with E-state index < -0.39 is 11.9 Å². The summed E-state index contributed by atoms with van der Waals surface area (Å²) in [6, 6.07) is 19.8. The predicted molar refractivity (Wildman–Crippen MR) is 155 cm³/mol. The van der Waals surface area contributed by atoms with Crippen molar-refractivity contribution >= 4 is 17.9 Å². The summed E-state index contributed by atoms with van der Waals surface area (Å²) in [5.41, 5.74) is 8.97. The number of carbonyl (C=O) groups excluding carboxylic acids is 1. The number of nitrogens with two attached hydrogens (primary N) is 1. The number of pyridine rings is 1. The summed E-state index contributed by atoms with van der Waals surface area (Å²) in [6.45, 7) is 5.57. The zero-order chi connectivity index (χ0) is 29.7. The predicted octanol–water partition coefficient (Wildman–Crippen LogP) is 5.06.